The number of hydrogen-bond acceptors (Lipinski definition) is 4. The molecule has 1 aliphatic rings. The summed E-state index contributed by atoms with van der Waals surface area (Å²) in [6, 6.07) is 0.599. The summed E-state index contributed by atoms with van der Waals surface area (Å²) in [6.07, 6.45) is 0.102. The van der Waals surface area contributed by atoms with Crippen LogP contribution in [-0.4, -0.2) is 47.8 Å². The molecular formula is C13H18N2O4S. The molecule has 0 radical (unpaired) electrons. The van der Waals surface area contributed by atoms with Crippen LogP contribution in [0.3, 0.4) is 0 Å². The Morgan fingerprint density at radius 2 is 2.35 bits per heavy atom. The summed E-state index contributed by atoms with van der Waals surface area (Å²) in [5.74, 6) is -0.997. The molecule has 0 spiro atoms. The number of aliphatic carboxylic acids is 1. The predicted octanol–water partition coefficient (Wildman–Crippen LogP) is 1.69. The van der Waals surface area contributed by atoms with Gasteiger partial charge in [0.25, 0.3) is 0 Å². The van der Waals surface area contributed by atoms with Crippen molar-refractivity contribution in [2.45, 2.75) is 31.5 Å². The van der Waals surface area contributed by atoms with Crippen LogP contribution < -0.4 is 5.32 Å². The third kappa shape index (κ3) is 3.10. The topological polar surface area (TPSA) is 78.9 Å². The predicted molar refractivity (Wildman–Crippen MR) is 74.8 cm³/mol. The van der Waals surface area contributed by atoms with Gasteiger partial charge in [-0.05, 0) is 29.3 Å². The largest absolute Gasteiger partial charge is 0.480 e. The first-order valence-corrected chi connectivity index (χ1v) is 7.32. The van der Waals surface area contributed by atoms with E-state index in [1.165, 1.54) is 12.0 Å². The fourth-order valence-corrected chi connectivity index (χ4v) is 3.05. The van der Waals surface area contributed by atoms with Gasteiger partial charge in [-0.15, -0.1) is 0 Å². The quantitative estimate of drug-likeness (QED) is 0.886. The zero-order chi connectivity index (χ0) is 14.7. The van der Waals surface area contributed by atoms with E-state index in [0.29, 0.717) is 13.0 Å². The zero-order valence-corrected chi connectivity index (χ0v) is 12.2. The number of carbonyl (C=O) groups excluding carboxylic acids is 1. The van der Waals surface area contributed by atoms with Crippen molar-refractivity contribution in [2.24, 2.45) is 0 Å². The third-order valence-corrected chi connectivity index (χ3v) is 4.23. The molecule has 2 heterocycles. The minimum atomic E-state index is -0.997. The second kappa shape index (κ2) is 6.23. The molecule has 0 bridgehead atoms. The molecular weight excluding hydrogens is 280 g/mol. The molecule has 0 aromatic carbocycles. The maximum atomic E-state index is 12.2. The van der Waals surface area contributed by atoms with Gasteiger partial charge >= 0.3 is 12.0 Å². The Kier molecular flexibility index (Phi) is 4.61. The maximum absolute atomic E-state index is 12.2. The number of nitrogens with one attached hydrogen (secondary N) is 1. The number of carboxylic acid groups (broad SMARTS) is 1. The number of hydrogen-bond donors (Lipinski definition) is 2. The Morgan fingerprint density at radius 3 is 2.90 bits per heavy atom. The van der Waals surface area contributed by atoms with E-state index in [1.54, 1.807) is 11.3 Å². The minimum absolute atomic E-state index is 0.148. The molecule has 2 N–H and O–H groups in total. The fraction of sp³-hybridized carbons (Fsp3) is 0.538. The van der Waals surface area contributed by atoms with Crippen LogP contribution in [0.4, 0.5) is 4.79 Å². The van der Waals surface area contributed by atoms with Crippen LogP contribution in [0.25, 0.3) is 0 Å². The lowest BCUT2D eigenvalue weighted by Crippen LogP contribution is -2.46. The van der Waals surface area contributed by atoms with Crippen molar-refractivity contribution >= 4 is 23.3 Å². The molecule has 0 aliphatic carbocycles. The van der Waals surface area contributed by atoms with E-state index in [4.69, 9.17) is 4.74 Å². The van der Waals surface area contributed by atoms with Crippen molar-refractivity contribution < 1.29 is 19.4 Å². The number of urea groups is 1. The molecule has 0 saturated carbocycles. The number of amides is 2. The van der Waals surface area contributed by atoms with Crippen molar-refractivity contribution in [1.29, 1.82) is 0 Å². The van der Waals surface area contributed by atoms with Gasteiger partial charge in [0, 0.05) is 20.1 Å². The first kappa shape index (κ1) is 14.8. The highest BCUT2D eigenvalue weighted by Crippen LogP contribution is 2.22. The molecule has 1 fully saturated rings. The standard InChI is InChI=1S/C13H18N2O4S/c1-8(9-3-4-20-7-9)14-13(18)15-6-10(19-2)5-11(15)12(16)17/h3-4,7-8,10-11H,5-6H2,1-2H3,(H,14,18)(H,16,17). The van der Waals surface area contributed by atoms with Crippen molar-refractivity contribution in [1.82, 2.24) is 10.2 Å². The van der Waals surface area contributed by atoms with Crippen LogP contribution in [0, 0.1) is 0 Å². The third-order valence-electron chi connectivity index (χ3n) is 3.53. The molecule has 6 nitrogen and oxygen atoms in total. The van der Waals surface area contributed by atoms with Gasteiger partial charge in [0.15, 0.2) is 0 Å². The molecule has 1 saturated heterocycles. The van der Waals surface area contributed by atoms with Gasteiger partial charge in [-0.2, -0.15) is 11.3 Å². The normalized spacial score (nSPS) is 23.6. The smallest absolute Gasteiger partial charge is 0.326 e. The van der Waals surface area contributed by atoms with E-state index in [2.05, 4.69) is 5.32 Å². The van der Waals surface area contributed by atoms with E-state index in [0.717, 1.165) is 5.56 Å². The van der Waals surface area contributed by atoms with E-state index in [1.807, 2.05) is 23.8 Å². The van der Waals surface area contributed by atoms with Gasteiger partial charge < -0.3 is 20.1 Å². The minimum Gasteiger partial charge on any atom is -0.480 e. The highest BCUT2D eigenvalue weighted by molar-refractivity contribution is 7.07. The number of carboxylic acids is 1. The summed E-state index contributed by atoms with van der Waals surface area (Å²) in [7, 11) is 1.53. The molecule has 2 amide bonds. The number of nitrogens with zero attached hydrogens (tertiary/aromatic N) is 1. The summed E-state index contributed by atoms with van der Waals surface area (Å²) in [6.45, 7) is 2.18. The lowest BCUT2D eigenvalue weighted by Gasteiger charge is -2.24. The molecule has 1 aliphatic heterocycles. The number of likely N-dealkylation sites (tertiary alicyclic amines) is 1. The van der Waals surface area contributed by atoms with Gasteiger partial charge in [0.05, 0.1) is 12.1 Å². The maximum Gasteiger partial charge on any atom is 0.326 e. The summed E-state index contributed by atoms with van der Waals surface area (Å²) in [4.78, 5) is 24.8. The highest BCUT2D eigenvalue weighted by atomic mass is 32.1. The number of ether oxygens (including phenoxy) is 1. The molecule has 7 heteroatoms. The summed E-state index contributed by atoms with van der Waals surface area (Å²) in [5, 5.41) is 15.9. The van der Waals surface area contributed by atoms with E-state index >= 15 is 0 Å². The lowest BCUT2D eigenvalue weighted by atomic mass is 10.2. The fourth-order valence-electron chi connectivity index (χ4n) is 2.30. The molecule has 3 atom stereocenters. The molecule has 110 valence electrons. The van der Waals surface area contributed by atoms with Gasteiger partial charge in [-0.3, -0.25) is 0 Å². The van der Waals surface area contributed by atoms with Crippen molar-refractivity contribution in [3.63, 3.8) is 0 Å². The monoisotopic (exact) mass is 298 g/mol. The van der Waals surface area contributed by atoms with Gasteiger partial charge in [-0.25, -0.2) is 9.59 Å². The van der Waals surface area contributed by atoms with Crippen molar-refractivity contribution in [3.8, 4) is 0 Å². The summed E-state index contributed by atoms with van der Waals surface area (Å²) in [5.41, 5.74) is 1.01. The van der Waals surface area contributed by atoms with E-state index in [-0.39, 0.29) is 18.2 Å². The average Bonchev–Trinajstić information content (AvgIpc) is 3.07. The van der Waals surface area contributed by atoms with Crippen molar-refractivity contribution in [2.75, 3.05) is 13.7 Å². The number of rotatable bonds is 4. The number of thiophene rings is 1. The zero-order valence-electron chi connectivity index (χ0n) is 11.4. The Balaban J connectivity index is 2.02. The Labute approximate surface area is 121 Å². The first-order chi connectivity index (χ1) is 9.52. The van der Waals surface area contributed by atoms with Crippen LogP contribution in [-0.2, 0) is 9.53 Å². The lowest BCUT2D eigenvalue weighted by molar-refractivity contribution is -0.141. The van der Waals surface area contributed by atoms with Gasteiger partial charge in [-0.1, -0.05) is 0 Å². The van der Waals surface area contributed by atoms with Gasteiger partial charge in [0.2, 0.25) is 0 Å². The Hall–Kier alpha value is -1.60. The van der Waals surface area contributed by atoms with Crippen LogP contribution in [0.5, 0.6) is 0 Å². The van der Waals surface area contributed by atoms with Crippen molar-refractivity contribution in [3.05, 3.63) is 22.4 Å². The van der Waals surface area contributed by atoms with Gasteiger partial charge in [0.1, 0.15) is 6.04 Å². The SMILES string of the molecule is COC1CC(C(=O)O)N(C(=O)NC(C)c2ccsc2)C1. The molecule has 1 aromatic rings. The highest BCUT2D eigenvalue weighted by Gasteiger charge is 2.40. The molecule has 1 aromatic heterocycles. The van der Waals surface area contributed by atoms with E-state index < -0.39 is 12.0 Å². The number of methoxy groups -OCH3 is 1. The molecule has 2 rings (SSSR count). The van der Waals surface area contributed by atoms with Crippen LogP contribution in [0.2, 0.25) is 0 Å². The Bertz CT molecular complexity index is 477. The van der Waals surface area contributed by atoms with Crippen LogP contribution in [0.15, 0.2) is 16.8 Å². The first-order valence-electron chi connectivity index (χ1n) is 6.37. The molecule has 3 unspecified atom stereocenters. The van der Waals surface area contributed by atoms with E-state index in [9.17, 15) is 14.7 Å². The Morgan fingerprint density at radius 1 is 1.60 bits per heavy atom. The average molecular weight is 298 g/mol. The summed E-state index contributed by atoms with van der Waals surface area (Å²) < 4.78 is 5.17. The second-order valence-corrected chi connectivity index (χ2v) is 5.61. The van der Waals surface area contributed by atoms with Crippen LogP contribution in [0.1, 0.15) is 24.9 Å². The number of carbonyl (C=O) groups is 2. The second-order valence-electron chi connectivity index (χ2n) is 4.83. The van der Waals surface area contributed by atoms with Crippen LogP contribution >= 0.6 is 11.3 Å². The summed E-state index contributed by atoms with van der Waals surface area (Å²) >= 11 is 1.56. The molecule has 20 heavy (non-hydrogen) atoms.